The predicted octanol–water partition coefficient (Wildman–Crippen LogP) is 3.20. The number of hydrogen-bond donors (Lipinski definition) is 1. The van der Waals surface area contributed by atoms with Gasteiger partial charge in [0.15, 0.2) is 5.96 Å². The fourth-order valence-corrected chi connectivity index (χ4v) is 3.91. The van der Waals surface area contributed by atoms with Crippen molar-refractivity contribution in [2.75, 3.05) is 7.05 Å². The summed E-state index contributed by atoms with van der Waals surface area (Å²) in [6.07, 6.45) is 3.05. The standard InChI is InChI=1S/C20H20FN3O/c1-24-18(25)12-20(23-19(24)22)9-3-5-13-7-8-15(11-17(13)20)14-4-2-6-16(21)10-14/h2,4,6-8,10-11H,3,5,9,12H2,1H3,(H2,22,23)/t20-/m0/s1. The zero-order chi connectivity index (χ0) is 17.6. The molecule has 2 aromatic carbocycles. The summed E-state index contributed by atoms with van der Waals surface area (Å²) in [5.74, 6) is -0.0153. The molecule has 0 unspecified atom stereocenters. The molecule has 5 heteroatoms. The molecule has 1 spiro atoms. The quantitative estimate of drug-likeness (QED) is 0.869. The van der Waals surface area contributed by atoms with E-state index in [2.05, 4.69) is 12.1 Å². The van der Waals surface area contributed by atoms with Gasteiger partial charge in [-0.1, -0.05) is 24.3 Å². The van der Waals surface area contributed by atoms with E-state index in [-0.39, 0.29) is 17.7 Å². The Kier molecular flexibility index (Phi) is 3.60. The summed E-state index contributed by atoms with van der Waals surface area (Å²) in [6, 6.07) is 12.7. The lowest BCUT2D eigenvalue weighted by molar-refractivity contribution is -0.128. The minimum atomic E-state index is -0.593. The highest BCUT2D eigenvalue weighted by molar-refractivity contribution is 5.99. The van der Waals surface area contributed by atoms with E-state index in [9.17, 15) is 9.18 Å². The van der Waals surface area contributed by atoms with Crippen LogP contribution >= 0.6 is 0 Å². The van der Waals surface area contributed by atoms with E-state index in [1.807, 2.05) is 12.1 Å². The van der Waals surface area contributed by atoms with Crippen molar-refractivity contribution in [1.82, 2.24) is 4.90 Å². The van der Waals surface area contributed by atoms with Crippen LogP contribution in [0, 0.1) is 5.82 Å². The largest absolute Gasteiger partial charge is 0.369 e. The molecule has 1 aliphatic carbocycles. The van der Waals surface area contributed by atoms with E-state index in [0.29, 0.717) is 6.42 Å². The van der Waals surface area contributed by atoms with Crippen LogP contribution < -0.4 is 5.73 Å². The Morgan fingerprint density at radius 2 is 2.00 bits per heavy atom. The highest BCUT2D eigenvalue weighted by Crippen LogP contribution is 2.44. The van der Waals surface area contributed by atoms with Crippen LogP contribution in [-0.4, -0.2) is 23.8 Å². The lowest BCUT2D eigenvalue weighted by Gasteiger charge is -2.40. The molecular weight excluding hydrogens is 317 g/mol. The van der Waals surface area contributed by atoms with Gasteiger partial charge in [0.25, 0.3) is 0 Å². The van der Waals surface area contributed by atoms with Crippen molar-refractivity contribution >= 4 is 11.9 Å². The molecule has 1 atom stereocenters. The number of carbonyl (C=O) groups excluding carboxylic acids is 1. The molecule has 0 saturated heterocycles. The van der Waals surface area contributed by atoms with Gasteiger partial charge in [0.05, 0.1) is 12.0 Å². The number of fused-ring (bicyclic) bond motifs is 2. The van der Waals surface area contributed by atoms with Gasteiger partial charge in [-0.2, -0.15) is 0 Å². The van der Waals surface area contributed by atoms with Gasteiger partial charge in [-0.15, -0.1) is 0 Å². The topological polar surface area (TPSA) is 58.7 Å². The number of amides is 1. The molecule has 128 valence electrons. The molecule has 0 bridgehead atoms. The van der Waals surface area contributed by atoms with E-state index >= 15 is 0 Å². The molecule has 0 fully saturated rings. The summed E-state index contributed by atoms with van der Waals surface area (Å²) in [6.45, 7) is 0. The number of aryl methyl sites for hydroxylation is 1. The van der Waals surface area contributed by atoms with Crippen LogP contribution in [0.5, 0.6) is 0 Å². The van der Waals surface area contributed by atoms with Crippen LogP contribution in [0.4, 0.5) is 4.39 Å². The van der Waals surface area contributed by atoms with Crippen molar-refractivity contribution in [1.29, 1.82) is 0 Å². The highest BCUT2D eigenvalue weighted by Gasteiger charge is 2.42. The summed E-state index contributed by atoms with van der Waals surface area (Å²) in [4.78, 5) is 18.5. The van der Waals surface area contributed by atoms with Crippen LogP contribution in [0.2, 0.25) is 0 Å². The average Bonchev–Trinajstić information content (AvgIpc) is 2.60. The van der Waals surface area contributed by atoms with Crippen molar-refractivity contribution in [2.45, 2.75) is 31.2 Å². The number of halogens is 1. The van der Waals surface area contributed by atoms with Gasteiger partial charge < -0.3 is 5.73 Å². The van der Waals surface area contributed by atoms with Crippen LogP contribution in [-0.2, 0) is 16.8 Å². The number of hydrogen-bond acceptors (Lipinski definition) is 3. The molecule has 4 nitrogen and oxygen atoms in total. The number of carbonyl (C=O) groups is 1. The van der Waals surface area contributed by atoms with Gasteiger partial charge in [0.2, 0.25) is 5.91 Å². The maximum atomic E-state index is 13.6. The zero-order valence-electron chi connectivity index (χ0n) is 14.1. The number of nitrogens with zero attached hydrogens (tertiary/aromatic N) is 2. The molecule has 2 aliphatic rings. The van der Waals surface area contributed by atoms with Crippen LogP contribution in [0.25, 0.3) is 11.1 Å². The van der Waals surface area contributed by atoms with Gasteiger partial charge in [0.1, 0.15) is 5.82 Å². The number of nitrogens with two attached hydrogens (primary N) is 1. The first-order valence-corrected chi connectivity index (χ1v) is 8.50. The van der Waals surface area contributed by atoms with E-state index in [1.165, 1.54) is 22.6 Å². The molecule has 1 aliphatic heterocycles. The first kappa shape index (κ1) is 15.8. The predicted molar refractivity (Wildman–Crippen MR) is 95.5 cm³/mol. The Bertz CT molecular complexity index is 892. The Morgan fingerprint density at radius 3 is 2.76 bits per heavy atom. The Labute approximate surface area is 146 Å². The van der Waals surface area contributed by atoms with Crippen molar-refractivity contribution in [3.63, 3.8) is 0 Å². The molecule has 1 amide bonds. The van der Waals surface area contributed by atoms with Crippen molar-refractivity contribution in [3.8, 4) is 11.1 Å². The first-order valence-electron chi connectivity index (χ1n) is 8.50. The second kappa shape index (κ2) is 5.69. The number of aliphatic imine (C=N–C) groups is 1. The molecule has 0 radical (unpaired) electrons. The molecule has 0 saturated carbocycles. The molecule has 2 aromatic rings. The average molecular weight is 337 g/mol. The lowest BCUT2D eigenvalue weighted by Crippen LogP contribution is -2.49. The minimum Gasteiger partial charge on any atom is -0.369 e. The van der Waals surface area contributed by atoms with E-state index in [0.717, 1.165) is 36.0 Å². The fraction of sp³-hybridized carbons (Fsp3) is 0.300. The molecular formula is C20H20FN3O. The molecule has 0 aromatic heterocycles. The van der Waals surface area contributed by atoms with E-state index < -0.39 is 5.54 Å². The Hall–Kier alpha value is -2.69. The van der Waals surface area contributed by atoms with Gasteiger partial charge in [0, 0.05) is 7.05 Å². The van der Waals surface area contributed by atoms with Crippen LogP contribution in [0.3, 0.4) is 0 Å². The highest BCUT2D eigenvalue weighted by atomic mass is 19.1. The van der Waals surface area contributed by atoms with Crippen LogP contribution in [0.15, 0.2) is 47.5 Å². The lowest BCUT2D eigenvalue weighted by atomic mass is 9.73. The van der Waals surface area contributed by atoms with Gasteiger partial charge in [-0.25, -0.2) is 9.38 Å². The zero-order valence-corrected chi connectivity index (χ0v) is 14.1. The van der Waals surface area contributed by atoms with Crippen molar-refractivity contribution in [3.05, 3.63) is 59.4 Å². The van der Waals surface area contributed by atoms with Gasteiger partial charge in [-0.05, 0) is 59.7 Å². The normalized spacial score (nSPS) is 22.7. The molecule has 25 heavy (non-hydrogen) atoms. The molecule has 1 heterocycles. The second-order valence-corrected chi connectivity index (χ2v) is 6.87. The smallest absolute Gasteiger partial charge is 0.231 e. The summed E-state index contributed by atoms with van der Waals surface area (Å²) in [5, 5.41) is 0. The SMILES string of the molecule is CN1C(=O)C[C@]2(CCCc3ccc(-c4cccc(F)c4)cc32)N=C1N. The third-order valence-electron chi connectivity index (χ3n) is 5.30. The summed E-state index contributed by atoms with van der Waals surface area (Å²) in [5.41, 5.74) is 9.40. The van der Waals surface area contributed by atoms with Crippen molar-refractivity contribution < 1.29 is 9.18 Å². The van der Waals surface area contributed by atoms with Gasteiger partial charge >= 0.3 is 0 Å². The van der Waals surface area contributed by atoms with Gasteiger partial charge in [-0.3, -0.25) is 9.69 Å². The molecule has 2 N–H and O–H groups in total. The monoisotopic (exact) mass is 337 g/mol. The van der Waals surface area contributed by atoms with Crippen molar-refractivity contribution in [2.24, 2.45) is 10.7 Å². The first-order chi connectivity index (χ1) is 12.0. The number of rotatable bonds is 1. The minimum absolute atomic E-state index is 0.0171. The third kappa shape index (κ3) is 2.60. The third-order valence-corrected chi connectivity index (χ3v) is 5.30. The Balaban J connectivity index is 1.86. The summed E-state index contributed by atoms with van der Waals surface area (Å²) >= 11 is 0. The van der Waals surface area contributed by atoms with E-state index in [4.69, 9.17) is 10.7 Å². The fourth-order valence-electron chi connectivity index (χ4n) is 3.91. The Morgan fingerprint density at radius 1 is 1.20 bits per heavy atom. The van der Waals surface area contributed by atoms with Crippen LogP contribution in [0.1, 0.15) is 30.4 Å². The summed E-state index contributed by atoms with van der Waals surface area (Å²) in [7, 11) is 1.65. The number of guanidine groups is 1. The number of benzene rings is 2. The summed E-state index contributed by atoms with van der Waals surface area (Å²) < 4.78 is 13.6. The second-order valence-electron chi connectivity index (χ2n) is 6.87. The van der Waals surface area contributed by atoms with E-state index in [1.54, 1.807) is 13.1 Å². The maximum Gasteiger partial charge on any atom is 0.231 e. The maximum absolute atomic E-state index is 13.6. The molecule has 4 rings (SSSR count).